The zero-order chi connectivity index (χ0) is 91.4. The van der Waals surface area contributed by atoms with Crippen molar-refractivity contribution in [1.82, 2.24) is 94.7 Å². The fraction of sp³-hybridized carbons (Fsp3) is 0.0696. The molecular formula is C115H87N19. The van der Waals surface area contributed by atoms with Crippen molar-refractivity contribution in [3.8, 4) is 204 Å². The number of pyridine rings is 6. The van der Waals surface area contributed by atoms with Gasteiger partial charge in [0.1, 0.15) is 0 Å². The van der Waals surface area contributed by atoms with Crippen LogP contribution in [-0.2, 0) is 0 Å². The number of benzene rings is 10. The molecular weight excluding hydrogens is 1650 g/mol. The minimum Gasteiger partial charge on any atom is -0.254 e. The van der Waals surface area contributed by atoms with Crippen LogP contribution in [0.3, 0.4) is 0 Å². The first-order valence-corrected chi connectivity index (χ1v) is 44.1. The second-order valence-electron chi connectivity index (χ2n) is 32.5. The minimum absolute atomic E-state index is 0.526. The largest absolute Gasteiger partial charge is 0.254 e. The van der Waals surface area contributed by atoms with Gasteiger partial charge in [-0.25, -0.2) is 64.8 Å². The van der Waals surface area contributed by atoms with E-state index in [2.05, 4.69) is 171 Å². The summed E-state index contributed by atoms with van der Waals surface area (Å²) in [6.07, 6.45) is 3.57. The van der Waals surface area contributed by atoms with Gasteiger partial charge in [-0.05, 0) is 186 Å². The lowest BCUT2D eigenvalue weighted by Crippen LogP contribution is -2.01. The molecule has 10 aromatic carbocycles. The Morgan fingerprint density at radius 2 is 0.313 bits per heavy atom. The van der Waals surface area contributed by atoms with Crippen LogP contribution in [0.25, 0.3) is 204 Å². The topological polar surface area (TPSA) is 245 Å². The monoisotopic (exact) mass is 1730 g/mol. The van der Waals surface area contributed by atoms with E-state index in [0.717, 1.165) is 185 Å². The molecule has 134 heavy (non-hydrogen) atoms. The smallest absolute Gasteiger partial charge is 0.165 e. The third-order valence-electron chi connectivity index (χ3n) is 22.4. The molecule has 11 aromatic heterocycles. The van der Waals surface area contributed by atoms with E-state index in [1.807, 2.05) is 304 Å². The van der Waals surface area contributed by atoms with E-state index >= 15 is 0 Å². The van der Waals surface area contributed by atoms with Crippen molar-refractivity contribution >= 4 is 0 Å². The Morgan fingerprint density at radius 1 is 0.112 bits per heavy atom. The molecule has 0 N–H and O–H groups in total. The molecule has 0 fully saturated rings. The van der Waals surface area contributed by atoms with E-state index in [1.54, 1.807) is 12.4 Å². The number of nitrogens with zero attached hydrogens (tertiary/aromatic N) is 19. The molecule has 0 spiro atoms. The van der Waals surface area contributed by atoms with Gasteiger partial charge in [-0.1, -0.05) is 273 Å². The van der Waals surface area contributed by atoms with Crippen molar-refractivity contribution < 1.29 is 0 Å². The number of hydrogen-bond donors (Lipinski definition) is 0. The predicted molar refractivity (Wildman–Crippen MR) is 533 cm³/mol. The van der Waals surface area contributed by atoms with Crippen molar-refractivity contribution in [1.29, 1.82) is 0 Å². The Bertz CT molecular complexity index is 7400. The third-order valence-corrected chi connectivity index (χ3v) is 22.4. The highest BCUT2D eigenvalue weighted by Crippen LogP contribution is 2.36. The van der Waals surface area contributed by atoms with Gasteiger partial charge in [0.25, 0.3) is 0 Å². The molecule has 0 radical (unpaired) electrons. The second kappa shape index (κ2) is 39.1. The van der Waals surface area contributed by atoms with E-state index in [0.29, 0.717) is 64.1 Å². The van der Waals surface area contributed by atoms with E-state index in [-0.39, 0.29) is 0 Å². The Labute approximate surface area is 777 Å². The van der Waals surface area contributed by atoms with Crippen molar-refractivity contribution in [3.05, 3.63) is 428 Å². The number of rotatable bonds is 18. The van der Waals surface area contributed by atoms with Gasteiger partial charge in [-0.3, -0.25) is 29.9 Å². The van der Waals surface area contributed by atoms with Gasteiger partial charge in [0.05, 0.1) is 34.2 Å². The van der Waals surface area contributed by atoms with E-state index in [1.165, 1.54) is 0 Å². The van der Waals surface area contributed by atoms with Crippen LogP contribution in [-0.4, -0.2) is 94.7 Å². The summed E-state index contributed by atoms with van der Waals surface area (Å²) in [6.45, 7) is 15.9. The molecule has 0 aliphatic heterocycles. The molecule has 0 saturated heterocycles. The molecule has 19 heteroatoms. The maximum atomic E-state index is 4.98. The summed E-state index contributed by atoms with van der Waals surface area (Å²) >= 11 is 0. The van der Waals surface area contributed by atoms with Crippen LogP contribution in [0.2, 0.25) is 0 Å². The zero-order valence-corrected chi connectivity index (χ0v) is 74.9. The van der Waals surface area contributed by atoms with Crippen LogP contribution >= 0.6 is 0 Å². The molecule has 0 aliphatic rings. The zero-order valence-electron chi connectivity index (χ0n) is 74.9. The fourth-order valence-corrected chi connectivity index (χ4v) is 15.6. The van der Waals surface area contributed by atoms with Gasteiger partial charge in [-0.15, -0.1) is 0 Å². The van der Waals surface area contributed by atoms with E-state index in [4.69, 9.17) is 44.9 Å². The maximum absolute atomic E-state index is 4.98. The number of hydrogen-bond acceptors (Lipinski definition) is 19. The highest BCUT2D eigenvalue weighted by molar-refractivity contribution is 5.79. The normalized spacial score (nSPS) is 11.0. The summed E-state index contributed by atoms with van der Waals surface area (Å²) in [5, 5.41) is 0. The third kappa shape index (κ3) is 20.4. The van der Waals surface area contributed by atoms with Gasteiger partial charge < -0.3 is 0 Å². The molecule has 0 aliphatic carbocycles. The fourth-order valence-electron chi connectivity index (χ4n) is 15.6. The van der Waals surface area contributed by atoms with E-state index in [9.17, 15) is 0 Å². The lowest BCUT2D eigenvalue weighted by Gasteiger charge is -2.11. The molecule has 11 heterocycles. The van der Waals surface area contributed by atoms with Crippen molar-refractivity contribution in [2.24, 2.45) is 0 Å². The van der Waals surface area contributed by atoms with Gasteiger partial charge in [0.2, 0.25) is 0 Å². The average Bonchev–Trinajstić information content (AvgIpc) is 0.794. The van der Waals surface area contributed by atoms with Gasteiger partial charge in [0, 0.05) is 130 Å². The summed E-state index contributed by atoms with van der Waals surface area (Å²) in [7, 11) is 0. The van der Waals surface area contributed by atoms with Crippen molar-refractivity contribution in [2.75, 3.05) is 0 Å². The summed E-state index contributed by atoms with van der Waals surface area (Å²) in [5.74, 6) is 6.64. The summed E-state index contributed by atoms with van der Waals surface area (Å²) in [6, 6.07) is 124. The first-order chi connectivity index (χ1) is 65.5. The molecule has 0 saturated carbocycles. The average molecular weight is 1740 g/mol. The lowest BCUT2D eigenvalue weighted by molar-refractivity contribution is 1.06. The Morgan fingerprint density at radius 3 is 0.590 bits per heavy atom. The van der Waals surface area contributed by atoms with Gasteiger partial charge in [0.15, 0.2) is 64.1 Å². The van der Waals surface area contributed by atoms with Crippen molar-refractivity contribution in [2.45, 2.75) is 55.4 Å². The number of aryl methyl sites for hydroxylation is 8. The highest BCUT2D eigenvalue weighted by atomic mass is 15.1. The molecule has 0 amide bonds. The molecule has 642 valence electrons. The van der Waals surface area contributed by atoms with Crippen LogP contribution in [0, 0.1) is 55.4 Å². The Balaban J connectivity index is 0.000000129. The Kier molecular flexibility index (Phi) is 25.0. The lowest BCUT2D eigenvalue weighted by atomic mass is 10.0. The SMILES string of the molecule is Cc1cc(C)nc(-c2ccc(-c3nc(-c4ccc(-c5nc(C)cc(C)n5)cc4)nc(-c4cccc(-c5ccccc5)c4)n3)cc2)n1.Cc1cccc(-c2ccc(-c3nc(-c4ccc(-c5cccc(C)n5)cc4)nc(-c4cccc(-c5ccccc5)c4)n3)cc2)n1.Cc1cccc(-c2ccc(-c3nc(-c4ccc(-c5ccccc5)cc4)nc(-c4ccc(-c5cccc(C)n5)nc4)n3)cn2)n1. The van der Waals surface area contributed by atoms with E-state index < -0.39 is 0 Å². The first kappa shape index (κ1) is 85.7. The maximum Gasteiger partial charge on any atom is 0.165 e. The minimum atomic E-state index is 0.526. The first-order valence-electron chi connectivity index (χ1n) is 44.1. The molecule has 19 nitrogen and oxygen atoms in total. The summed E-state index contributed by atoms with van der Waals surface area (Å²) in [5.41, 5.74) is 31.2. The van der Waals surface area contributed by atoms with Gasteiger partial charge in [-0.2, -0.15) is 0 Å². The Hall–Kier alpha value is -17.7. The van der Waals surface area contributed by atoms with Crippen molar-refractivity contribution in [3.63, 3.8) is 0 Å². The van der Waals surface area contributed by atoms with Crippen LogP contribution in [0.1, 0.15) is 45.6 Å². The molecule has 21 rings (SSSR count). The van der Waals surface area contributed by atoms with Crippen LogP contribution in [0.5, 0.6) is 0 Å². The second-order valence-corrected chi connectivity index (χ2v) is 32.5. The molecule has 0 unspecified atom stereocenters. The number of aromatic nitrogens is 19. The molecule has 0 bridgehead atoms. The standard InChI is InChI=1S/C39H31N7.C39H29N5.C37H27N7/c1-24-21-25(2)41-35(40-24)29-13-17-31(18-14-29)37-44-38(32-19-15-30(16-20-32)36-42-26(3)22-27(4)43-36)46-39(45-37)34-12-8-11-33(23-34)28-9-6-5-7-10-28;1-26-9-6-15-35(40-26)29-17-21-31(22-18-29)37-42-38(32-23-19-30(20-24-32)36-16-7-10-27(2)41-36)44-39(43-37)34-14-8-13-33(25-34)28-11-4-3-5-12-28;1-24-8-6-12-33(40-24)31-20-18-29(22-38-31)36-42-35(28-16-14-27(15-17-28)26-10-4-3-5-11-26)43-37(44-36)30-19-21-32(39-23-30)34-13-7-9-25(2)41-34/h5-23H,1-4H3;3-25H,1-2H3;3-23H,1-2H3. The van der Waals surface area contributed by atoms with Crippen LogP contribution in [0.15, 0.2) is 382 Å². The molecule has 21 aromatic rings. The molecule has 0 atom stereocenters. The summed E-state index contributed by atoms with van der Waals surface area (Å²) in [4.78, 5) is 90.9. The summed E-state index contributed by atoms with van der Waals surface area (Å²) < 4.78 is 0. The van der Waals surface area contributed by atoms with Crippen LogP contribution < -0.4 is 0 Å². The van der Waals surface area contributed by atoms with Gasteiger partial charge >= 0.3 is 0 Å². The quantitative estimate of drug-likeness (QED) is 0.0775. The highest BCUT2D eigenvalue weighted by Gasteiger charge is 2.21. The predicted octanol–water partition coefficient (Wildman–Crippen LogP) is 26.0. The van der Waals surface area contributed by atoms with Crippen LogP contribution in [0.4, 0.5) is 0 Å².